The Bertz CT molecular complexity index is 2590. The highest BCUT2D eigenvalue weighted by Gasteiger charge is 2.76. The Morgan fingerprint density at radius 1 is 0.844 bits per heavy atom. The van der Waals surface area contributed by atoms with Crippen LogP contribution in [0.15, 0.2) is 53.6 Å². The number of hydrogen-bond donors (Lipinski definition) is 7. The molecule has 8 aliphatic carbocycles. The van der Waals surface area contributed by atoms with Gasteiger partial charge in [0, 0.05) is 54.6 Å². The van der Waals surface area contributed by atoms with E-state index in [9.17, 15) is 20.4 Å². The number of nitrogen functional groups attached to an aromatic ring is 1. The normalized spacial score (nSPS) is 44.7. The molecule has 10 nitrogen and oxygen atoms in total. The van der Waals surface area contributed by atoms with Crippen LogP contribution in [0.2, 0.25) is 0 Å². The van der Waals surface area contributed by atoms with Crippen molar-refractivity contribution in [3.63, 3.8) is 0 Å². The van der Waals surface area contributed by atoms with Crippen molar-refractivity contribution in [1.29, 1.82) is 0 Å². The van der Waals surface area contributed by atoms with Gasteiger partial charge >= 0.3 is 0 Å². The minimum atomic E-state index is -0.921. The average molecular weight is 1060 g/mol. The molecule has 0 aromatic heterocycles. The van der Waals surface area contributed by atoms with E-state index in [-0.39, 0.29) is 65.3 Å². The third-order valence-electron chi connectivity index (χ3n) is 25.0. The summed E-state index contributed by atoms with van der Waals surface area (Å²) in [6.07, 6.45) is 22.0. The van der Waals surface area contributed by atoms with Gasteiger partial charge in [-0.2, -0.15) is 0 Å². The SMILES string of the molecule is CNCc1cc(O)cc(C2CC3(C4CCCCC4)C4C(CC5(CCO)C3CCC3=C(C6C7CCCCC7CCC6C(O)C6OC6(C)C6CCCC6c6cccc(N)c6)C(=O)CC35C)NCC(C)(O)CCCCC4(C)C2=O)c1. The van der Waals surface area contributed by atoms with Gasteiger partial charge < -0.3 is 41.5 Å². The van der Waals surface area contributed by atoms with E-state index in [1.165, 1.54) is 30.4 Å². The van der Waals surface area contributed by atoms with Crippen molar-refractivity contribution in [3.8, 4) is 5.75 Å². The molecule has 2 aliphatic heterocycles. The van der Waals surface area contributed by atoms with E-state index < -0.39 is 39.5 Å². The van der Waals surface area contributed by atoms with E-state index >= 15 is 9.59 Å². The maximum absolute atomic E-state index is 16.1. The Hall–Kier alpha value is -3.12. The van der Waals surface area contributed by atoms with E-state index in [1.807, 2.05) is 32.2 Å². The number of rotatable bonds is 11. The predicted octanol–water partition coefficient (Wildman–Crippen LogP) is 11.6. The van der Waals surface area contributed by atoms with Crippen molar-refractivity contribution in [2.24, 2.45) is 69.0 Å². The molecular formula is C67H97N3O7. The summed E-state index contributed by atoms with van der Waals surface area (Å²) in [6, 6.07) is 14.2. The number of aliphatic hydroxyl groups is 3. The van der Waals surface area contributed by atoms with Gasteiger partial charge in [0.05, 0.1) is 17.3 Å². The fraction of sp³-hybridized carbons (Fsp3) is 0.761. The van der Waals surface area contributed by atoms with Gasteiger partial charge in [-0.15, -0.1) is 0 Å². The second-order valence-electron chi connectivity index (χ2n) is 28.9. The fourth-order valence-corrected chi connectivity index (χ4v) is 22.0. The number of anilines is 1. The van der Waals surface area contributed by atoms with E-state index in [0.717, 1.165) is 132 Å². The summed E-state index contributed by atoms with van der Waals surface area (Å²) in [5.41, 5.74) is 9.29. The number of ether oxygens (including phenoxy) is 1. The Kier molecular flexibility index (Phi) is 14.4. The molecule has 10 heteroatoms. The summed E-state index contributed by atoms with van der Waals surface area (Å²) in [6.45, 7) is 10.1. The van der Waals surface area contributed by atoms with Gasteiger partial charge in [0.25, 0.3) is 0 Å². The Balaban J connectivity index is 0.994. The second-order valence-corrected chi connectivity index (χ2v) is 28.9. The van der Waals surface area contributed by atoms with E-state index in [4.69, 9.17) is 10.5 Å². The quantitative estimate of drug-likeness (QED) is 0.0846. The van der Waals surface area contributed by atoms with Gasteiger partial charge in [-0.3, -0.25) is 9.59 Å². The smallest absolute Gasteiger partial charge is 0.160 e. The van der Waals surface area contributed by atoms with E-state index in [0.29, 0.717) is 68.2 Å². The number of carbonyl (C=O) groups excluding carboxylic acids is 2. The van der Waals surface area contributed by atoms with Crippen molar-refractivity contribution in [2.75, 3.05) is 25.9 Å². The molecule has 2 saturated heterocycles. The molecule has 10 aliphatic rings. The number of ketones is 2. The number of nitrogens with two attached hydrogens (primary N) is 1. The zero-order valence-corrected chi connectivity index (χ0v) is 47.7. The van der Waals surface area contributed by atoms with Crippen LogP contribution in [0, 0.1) is 69.0 Å². The molecule has 2 aromatic rings. The lowest BCUT2D eigenvalue weighted by Crippen LogP contribution is -2.73. The first-order chi connectivity index (χ1) is 36.9. The van der Waals surface area contributed by atoms with Crippen LogP contribution in [0.5, 0.6) is 5.75 Å². The minimum absolute atomic E-state index is 0.000190. The van der Waals surface area contributed by atoms with Crippen LogP contribution >= 0.6 is 0 Å². The number of carbonyl (C=O) groups is 2. The highest BCUT2D eigenvalue weighted by molar-refractivity contribution is 6.01. The monoisotopic (exact) mass is 1060 g/mol. The van der Waals surface area contributed by atoms with E-state index in [2.05, 4.69) is 55.7 Å². The number of β-amino-alcohol motifs (C(OH)–C–C–N with tert-alkyl or cyclic N) is 1. The van der Waals surface area contributed by atoms with Crippen molar-refractivity contribution in [1.82, 2.24) is 10.6 Å². The number of aliphatic hydroxyl groups excluding tert-OH is 2. The molecule has 12 rings (SSSR count). The molecule has 0 bridgehead atoms. The predicted molar refractivity (Wildman–Crippen MR) is 303 cm³/mol. The second kappa shape index (κ2) is 20.4. The van der Waals surface area contributed by atoms with Crippen LogP contribution in [-0.2, 0) is 20.9 Å². The third kappa shape index (κ3) is 8.72. The highest BCUT2D eigenvalue weighted by Crippen LogP contribution is 2.79. The molecule has 8 N–H and O–H groups in total. The van der Waals surface area contributed by atoms with Crippen LogP contribution in [0.25, 0.3) is 0 Å². The van der Waals surface area contributed by atoms with Crippen LogP contribution in [-0.4, -0.2) is 81.6 Å². The number of hydrogen-bond acceptors (Lipinski definition) is 10. The van der Waals surface area contributed by atoms with Gasteiger partial charge in [-0.1, -0.05) is 95.4 Å². The number of benzene rings is 2. The molecule has 7 saturated carbocycles. The molecule has 0 amide bonds. The first-order valence-electron chi connectivity index (χ1n) is 31.5. The summed E-state index contributed by atoms with van der Waals surface area (Å²) in [7, 11) is 1.93. The molecule has 18 atom stereocenters. The maximum atomic E-state index is 16.1. The number of epoxide rings is 1. The average Bonchev–Trinajstić information content (AvgIpc) is 3.97. The van der Waals surface area contributed by atoms with E-state index in [1.54, 1.807) is 0 Å². The molecule has 0 spiro atoms. The van der Waals surface area contributed by atoms with Gasteiger partial charge in [-0.05, 0) is 221 Å². The minimum Gasteiger partial charge on any atom is -0.508 e. The summed E-state index contributed by atoms with van der Waals surface area (Å²) in [4.78, 5) is 32.2. The van der Waals surface area contributed by atoms with Gasteiger partial charge in [0.2, 0.25) is 0 Å². The fourth-order valence-electron chi connectivity index (χ4n) is 22.0. The molecular weight excluding hydrogens is 959 g/mol. The zero-order valence-electron chi connectivity index (χ0n) is 47.7. The Morgan fingerprint density at radius 3 is 2.40 bits per heavy atom. The lowest BCUT2D eigenvalue weighted by atomic mass is 9.30. The number of phenols is 1. The highest BCUT2D eigenvalue weighted by atomic mass is 16.6. The largest absolute Gasteiger partial charge is 0.508 e. The number of fused-ring (bicyclic) bond motifs is 5. The first kappa shape index (κ1) is 54.5. The molecule has 18 unspecified atom stereocenters. The lowest BCUT2D eigenvalue weighted by molar-refractivity contribution is -0.234. The van der Waals surface area contributed by atoms with Crippen molar-refractivity contribution >= 4 is 17.3 Å². The number of phenolic OH excluding ortho intramolecular Hbond substituents is 1. The summed E-state index contributed by atoms with van der Waals surface area (Å²) in [5, 5.41) is 56.0. The molecule has 77 heavy (non-hydrogen) atoms. The molecule has 2 heterocycles. The summed E-state index contributed by atoms with van der Waals surface area (Å²) >= 11 is 0. The molecule has 9 fully saturated rings. The van der Waals surface area contributed by atoms with Gasteiger partial charge in [-0.25, -0.2) is 0 Å². The van der Waals surface area contributed by atoms with Crippen LogP contribution in [0.4, 0.5) is 5.69 Å². The summed E-state index contributed by atoms with van der Waals surface area (Å²) in [5.74, 6) is 2.22. The lowest BCUT2D eigenvalue weighted by Gasteiger charge is -2.74. The topological polar surface area (TPSA) is 178 Å². The van der Waals surface area contributed by atoms with Crippen molar-refractivity contribution in [2.45, 2.75) is 230 Å². The van der Waals surface area contributed by atoms with Crippen LogP contribution in [0.3, 0.4) is 0 Å². The Labute approximate surface area is 461 Å². The summed E-state index contributed by atoms with van der Waals surface area (Å²) < 4.78 is 6.92. The van der Waals surface area contributed by atoms with Gasteiger partial charge in [0.15, 0.2) is 5.78 Å². The van der Waals surface area contributed by atoms with Crippen molar-refractivity contribution in [3.05, 3.63) is 70.3 Å². The number of nitrogens with one attached hydrogen (secondary N) is 2. The van der Waals surface area contributed by atoms with Crippen LogP contribution in [0.1, 0.15) is 210 Å². The van der Waals surface area contributed by atoms with Gasteiger partial charge in [0.1, 0.15) is 17.6 Å². The third-order valence-corrected chi connectivity index (χ3v) is 25.0. The number of aromatic hydroxyl groups is 1. The standard InChI is InChI=1S/C67H97N3O7/c1-62(76)27-11-12-28-63(2)59-53(70-39-62)36-66(29-30-71)55(67(59,44-17-7-6-8-18-44)35-50(60(63)75)43-31-40(38-69-5)32-46(72)34-43)26-25-52-57(54(73)37-64(52,66)3)56-48-20-10-9-15-41(48)23-24-49(56)58(74)61-65(4,77-61)51-22-14-21-47(51)42-16-13-19-45(68)33-42/h13,16,19,31-34,41,44,47-51,53,55-56,58-59,61,69-72,74,76H,6-12,14-15,17-18,20-30,35-39,68H2,1-5H3. The number of allylic oxidation sites excluding steroid dienone is 2. The zero-order chi connectivity index (χ0) is 53.9. The maximum Gasteiger partial charge on any atom is 0.160 e. The molecule has 2 aromatic carbocycles. The first-order valence-corrected chi connectivity index (χ1v) is 31.5. The Morgan fingerprint density at radius 2 is 1.62 bits per heavy atom. The van der Waals surface area contributed by atoms with Crippen molar-refractivity contribution < 1.29 is 34.8 Å². The number of Topliss-reactive ketones (excluding diaryl/α,β-unsaturated/α-hetero) is 2. The van der Waals surface area contributed by atoms with Crippen LogP contribution < -0.4 is 16.4 Å². The molecule has 422 valence electrons. The molecule has 0 radical (unpaired) electrons.